The molecule has 0 aromatic carbocycles. The number of amidine groups is 1. The third-order valence-corrected chi connectivity index (χ3v) is 1.40. The van der Waals surface area contributed by atoms with E-state index in [1.165, 1.54) is 11.1 Å². The lowest BCUT2D eigenvalue weighted by Crippen LogP contribution is -2.27. The number of nitrogens with two attached hydrogens (primary N) is 3. The second-order valence-corrected chi connectivity index (χ2v) is 2.65. The number of carbonyl (C=O) groups is 1. The first-order valence-electron chi connectivity index (χ1n) is 3.85. The molecule has 0 radical (unpaired) electrons. The Morgan fingerprint density at radius 2 is 1.93 bits per heavy atom. The van der Waals surface area contributed by atoms with E-state index in [1.54, 1.807) is 14.0 Å². The molecule has 14 heavy (non-hydrogen) atoms. The smallest absolute Gasteiger partial charge is 0.268 e. The lowest BCUT2D eigenvalue weighted by atomic mass is 10.4. The predicted molar refractivity (Wildman–Crippen MR) is 55.7 cm³/mol. The van der Waals surface area contributed by atoms with Crippen LogP contribution in [-0.4, -0.2) is 23.7 Å². The van der Waals surface area contributed by atoms with E-state index in [9.17, 15) is 4.79 Å². The van der Waals surface area contributed by atoms with Crippen molar-refractivity contribution in [1.29, 1.82) is 0 Å². The van der Waals surface area contributed by atoms with Gasteiger partial charge in [-0.15, -0.1) is 0 Å². The summed E-state index contributed by atoms with van der Waals surface area (Å²) in [6.07, 6.45) is 1.44. The zero-order valence-electron chi connectivity index (χ0n) is 8.32. The van der Waals surface area contributed by atoms with Crippen LogP contribution < -0.4 is 17.2 Å². The summed E-state index contributed by atoms with van der Waals surface area (Å²) in [5.74, 6) is -0.288. The quantitative estimate of drug-likeness (QED) is 0.306. The van der Waals surface area contributed by atoms with Crippen molar-refractivity contribution < 1.29 is 4.79 Å². The van der Waals surface area contributed by atoms with E-state index in [-0.39, 0.29) is 17.4 Å². The minimum atomic E-state index is -0.751. The average Bonchev–Trinajstić information content (AvgIpc) is 2.11. The fraction of sp³-hybridized carbons (Fsp3) is 0.250. The van der Waals surface area contributed by atoms with Gasteiger partial charge < -0.3 is 22.1 Å². The van der Waals surface area contributed by atoms with Gasteiger partial charge in [0.05, 0.1) is 5.84 Å². The third kappa shape index (κ3) is 3.18. The van der Waals surface area contributed by atoms with E-state index in [2.05, 4.69) is 11.6 Å². The first-order valence-corrected chi connectivity index (χ1v) is 3.85. The van der Waals surface area contributed by atoms with Crippen LogP contribution in [0.25, 0.3) is 0 Å². The molecule has 0 rings (SSSR count). The molecule has 78 valence electrons. The topological polar surface area (TPSA) is 111 Å². The van der Waals surface area contributed by atoms with Crippen LogP contribution in [0.2, 0.25) is 0 Å². The summed E-state index contributed by atoms with van der Waals surface area (Å²) in [6, 6.07) is 0. The van der Waals surface area contributed by atoms with Crippen molar-refractivity contribution in [2.45, 2.75) is 6.92 Å². The van der Waals surface area contributed by atoms with Crippen molar-refractivity contribution in [2.24, 2.45) is 22.2 Å². The van der Waals surface area contributed by atoms with E-state index >= 15 is 0 Å². The highest BCUT2D eigenvalue weighted by atomic mass is 16.1. The van der Waals surface area contributed by atoms with Gasteiger partial charge in [-0.25, -0.2) is 4.99 Å². The normalized spacial score (nSPS) is 13.1. The summed E-state index contributed by atoms with van der Waals surface area (Å²) in [6.45, 7) is 5.08. The molecular weight excluding hydrogens is 182 g/mol. The van der Waals surface area contributed by atoms with Crippen LogP contribution in [0.15, 0.2) is 29.3 Å². The zero-order valence-corrected chi connectivity index (χ0v) is 8.32. The van der Waals surface area contributed by atoms with Crippen LogP contribution in [0.3, 0.4) is 0 Å². The summed E-state index contributed by atoms with van der Waals surface area (Å²) in [7, 11) is 1.63. The zero-order chi connectivity index (χ0) is 11.3. The second kappa shape index (κ2) is 4.90. The maximum absolute atomic E-state index is 10.8. The maximum atomic E-state index is 10.8. The van der Waals surface area contributed by atoms with Crippen molar-refractivity contribution in [3.8, 4) is 0 Å². The summed E-state index contributed by atoms with van der Waals surface area (Å²) in [4.78, 5) is 16.1. The SMILES string of the molecule is C=CN(C)/C(N=C(C)N)=C(\N)C(N)=O. The number of primary amides is 1. The van der Waals surface area contributed by atoms with Crippen LogP contribution >= 0.6 is 0 Å². The molecule has 0 unspecified atom stereocenters. The molecule has 0 spiro atoms. The molecule has 0 aromatic heterocycles. The molecule has 0 aromatic rings. The number of hydrogen-bond donors (Lipinski definition) is 3. The van der Waals surface area contributed by atoms with Crippen LogP contribution in [0, 0.1) is 0 Å². The van der Waals surface area contributed by atoms with Crippen molar-refractivity contribution in [3.05, 3.63) is 24.3 Å². The highest BCUT2D eigenvalue weighted by Crippen LogP contribution is 2.06. The first kappa shape index (κ1) is 12.0. The van der Waals surface area contributed by atoms with Gasteiger partial charge in [-0.05, 0) is 13.1 Å². The van der Waals surface area contributed by atoms with Gasteiger partial charge in [0, 0.05) is 7.05 Å². The molecule has 0 aliphatic rings. The number of rotatable bonds is 4. The van der Waals surface area contributed by atoms with Crippen LogP contribution in [-0.2, 0) is 4.79 Å². The standard InChI is InChI=1S/C8H15N5O/c1-4-13(3)8(12-5(2)9)6(10)7(11)14/h4H,1,10H2,2-3H3,(H2,9,12)(H2,11,14)/b8-6-. The van der Waals surface area contributed by atoms with Crippen LogP contribution in [0.5, 0.6) is 0 Å². The molecule has 0 bridgehead atoms. The van der Waals surface area contributed by atoms with E-state index in [1.807, 2.05) is 0 Å². The maximum Gasteiger partial charge on any atom is 0.268 e. The molecule has 0 aliphatic carbocycles. The van der Waals surface area contributed by atoms with Gasteiger partial charge in [-0.2, -0.15) is 0 Å². The Morgan fingerprint density at radius 3 is 2.21 bits per heavy atom. The molecule has 6 N–H and O–H groups in total. The van der Waals surface area contributed by atoms with Gasteiger partial charge in [0.2, 0.25) is 0 Å². The van der Waals surface area contributed by atoms with Crippen molar-refractivity contribution in [1.82, 2.24) is 4.90 Å². The third-order valence-electron chi connectivity index (χ3n) is 1.40. The molecule has 0 saturated heterocycles. The molecule has 0 saturated carbocycles. The molecule has 0 fully saturated rings. The van der Waals surface area contributed by atoms with Crippen LogP contribution in [0.4, 0.5) is 0 Å². The predicted octanol–water partition coefficient (Wildman–Crippen LogP) is -0.948. The monoisotopic (exact) mass is 197 g/mol. The molecule has 0 aliphatic heterocycles. The minimum Gasteiger partial charge on any atom is -0.391 e. The summed E-state index contributed by atoms with van der Waals surface area (Å²) < 4.78 is 0. The van der Waals surface area contributed by atoms with E-state index in [0.717, 1.165) is 0 Å². The largest absolute Gasteiger partial charge is 0.391 e. The van der Waals surface area contributed by atoms with Gasteiger partial charge in [0.15, 0.2) is 5.82 Å². The lowest BCUT2D eigenvalue weighted by Gasteiger charge is -2.15. The minimum absolute atomic E-state index is 0.155. The van der Waals surface area contributed by atoms with Gasteiger partial charge in [-0.1, -0.05) is 6.58 Å². The Balaban J connectivity index is 5.30. The van der Waals surface area contributed by atoms with E-state index < -0.39 is 5.91 Å². The second-order valence-electron chi connectivity index (χ2n) is 2.65. The summed E-state index contributed by atoms with van der Waals surface area (Å²) >= 11 is 0. The molecule has 0 atom stereocenters. The highest BCUT2D eigenvalue weighted by molar-refractivity contribution is 5.92. The van der Waals surface area contributed by atoms with Crippen molar-refractivity contribution in [2.75, 3.05) is 7.05 Å². The number of hydrogen-bond acceptors (Lipinski definition) is 4. The Morgan fingerprint density at radius 1 is 1.43 bits per heavy atom. The van der Waals surface area contributed by atoms with Gasteiger partial charge in [-0.3, -0.25) is 4.79 Å². The van der Waals surface area contributed by atoms with E-state index in [4.69, 9.17) is 17.2 Å². The van der Waals surface area contributed by atoms with Gasteiger partial charge in [0.25, 0.3) is 5.91 Å². The summed E-state index contributed by atoms with van der Waals surface area (Å²) in [5.41, 5.74) is 15.7. The molecule has 1 amide bonds. The Hall–Kier alpha value is -1.98. The fourth-order valence-electron chi connectivity index (χ4n) is 0.693. The number of carbonyl (C=O) groups excluding carboxylic acids is 1. The fourth-order valence-corrected chi connectivity index (χ4v) is 0.693. The Bertz CT molecular complexity index is 301. The summed E-state index contributed by atoms with van der Waals surface area (Å²) in [5, 5.41) is 0. The van der Waals surface area contributed by atoms with E-state index in [0.29, 0.717) is 0 Å². The van der Waals surface area contributed by atoms with Crippen molar-refractivity contribution >= 4 is 11.7 Å². The van der Waals surface area contributed by atoms with Crippen LogP contribution in [0.1, 0.15) is 6.92 Å². The Kier molecular flexibility index (Phi) is 4.21. The van der Waals surface area contributed by atoms with Gasteiger partial charge >= 0.3 is 0 Å². The van der Waals surface area contributed by atoms with Crippen molar-refractivity contribution in [3.63, 3.8) is 0 Å². The number of nitrogens with zero attached hydrogens (tertiary/aromatic N) is 2. The molecule has 6 nitrogen and oxygen atoms in total. The first-order chi connectivity index (χ1) is 6.40. The lowest BCUT2D eigenvalue weighted by molar-refractivity contribution is -0.114. The highest BCUT2D eigenvalue weighted by Gasteiger charge is 2.10. The molecular formula is C8H15N5O. The number of amides is 1. The average molecular weight is 197 g/mol. The molecule has 6 heteroatoms. The number of aliphatic imine (C=N–C) groups is 1. The Labute approximate surface area is 82.8 Å². The molecule has 0 heterocycles. The van der Waals surface area contributed by atoms with Gasteiger partial charge in [0.1, 0.15) is 5.70 Å².